The molecule has 1 aliphatic heterocycles. The molecule has 1 N–H and O–H groups in total. The molecule has 0 spiro atoms. The fourth-order valence-corrected chi connectivity index (χ4v) is 2.16. The van der Waals surface area contributed by atoms with Crippen LogP contribution in [0.25, 0.3) is 0 Å². The van der Waals surface area contributed by atoms with Crippen molar-refractivity contribution in [1.82, 2.24) is 4.90 Å². The van der Waals surface area contributed by atoms with Crippen molar-refractivity contribution in [1.29, 1.82) is 0 Å². The molecule has 104 valence electrons. The van der Waals surface area contributed by atoms with E-state index >= 15 is 0 Å². The number of amides is 2. The highest BCUT2D eigenvalue weighted by Gasteiger charge is 2.29. The Balaban J connectivity index is 2.10. The average molecular weight is 287 g/mol. The number of anilines is 1. The third-order valence-corrected chi connectivity index (χ3v) is 3.64. The van der Waals surface area contributed by atoms with E-state index in [4.69, 9.17) is 16.3 Å². The van der Waals surface area contributed by atoms with E-state index in [2.05, 4.69) is 5.32 Å². The molecule has 1 aromatic rings. The first kappa shape index (κ1) is 14.1. The highest BCUT2D eigenvalue weighted by Crippen LogP contribution is 2.23. The van der Waals surface area contributed by atoms with Crippen LogP contribution in [0.15, 0.2) is 18.2 Å². The number of hydrogen-bond acceptors (Lipinski definition) is 2. The van der Waals surface area contributed by atoms with Gasteiger partial charge in [-0.3, -0.25) is 0 Å². The van der Waals surface area contributed by atoms with Gasteiger partial charge in [-0.1, -0.05) is 11.6 Å². The van der Waals surface area contributed by atoms with E-state index in [1.165, 1.54) is 18.2 Å². The number of carbonyl (C=O) groups excluding carboxylic acids is 1. The molecule has 4 nitrogen and oxygen atoms in total. The lowest BCUT2D eigenvalue weighted by Gasteiger charge is -2.37. The maximum Gasteiger partial charge on any atom is 0.322 e. The third-order valence-electron chi connectivity index (χ3n) is 3.31. The molecular formula is C13H16ClFN2O2. The number of urea groups is 1. The summed E-state index contributed by atoms with van der Waals surface area (Å²) in [6.45, 7) is 4.83. The van der Waals surface area contributed by atoms with E-state index in [-0.39, 0.29) is 23.9 Å². The molecule has 0 unspecified atom stereocenters. The van der Waals surface area contributed by atoms with Crippen molar-refractivity contribution in [2.45, 2.75) is 26.0 Å². The lowest BCUT2D eigenvalue weighted by Crippen LogP contribution is -2.52. The van der Waals surface area contributed by atoms with Crippen LogP contribution in [0, 0.1) is 5.82 Å². The number of morpholine rings is 1. The van der Waals surface area contributed by atoms with Gasteiger partial charge in [-0.2, -0.15) is 0 Å². The largest absolute Gasteiger partial charge is 0.375 e. The molecule has 1 aromatic carbocycles. The first-order valence-corrected chi connectivity index (χ1v) is 6.51. The maximum absolute atomic E-state index is 13.1. The van der Waals surface area contributed by atoms with E-state index in [0.29, 0.717) is 18.2 Å². The van der Waals surface area contributed by atoms with E-state index in [0.717, 1.165) is 0 Å². The molecule has 1 aliphatic rings. The summed E-state index contributed by atoms with van der Waals surface area (Å²) < 4.78 is 18.6. The highest BCUT2D eigenvalue weighted by atomic mass is 35.5. The van der Waals surface area contributed by atoms with Gasteiger partial charge in [-0.05, 0) is 32.0 Å². The van der Waals surface area contributed by atoms with Crippen molar-refractivity contribution >= 4 is 23.3 Å². The summed E-state index contributed by atoms with van der Waals surface area (Å²) in [7, 11) is 0. The van der Waals surface area contributed by atoms with Crippen LogP contribution in [0.4, 0.5) is 14.9 Å². The minimum Gasteiger partial charge on any atom is -0.375 e. The van der Waals surface area contributed by atoms with Gasteiger partial charge in [-0.15, -0.1) is 0 Å². The summed E-state index contributed by atoms with van der Waals surface area (Å²) in [5.41, 5.74) is 0.276. The first-order valence-electron chi connectivity index (χ1n) is 6.13. The second-order valence-electron chi connectivity index (χ2n) is 4.56. The zero-order chi connectivity index (χ0) is 14.0. The summed E-state index contributed by atoms with van der Waals surface area (Å²) in [6, 6.07) is 3.53. The summed E-state index contributed by atoms with van der Waals surface area (Å²) in [6.07, 6.45) is -0.0255. The van der Waals surface area contributed by atoms with Crippen LogP contribution in [0.1, 0.15) is 13.8 Å². The smallest absolute Gasteiger partial charge is 0.322 e. The van der Waals surface area contributed by atoms with Crippen molar-refractivity contribution in [3.8, 4) is 0 Å². The number of nitrogens with one attached hydrogen (secondary N) is 1. The Kier molecular flexibility index (Phi) is 4.27. The van der Waals surface area contributed by atoms with Crippen molar-refractivity contribution in [3.05, 3.63) is 29.0 Å². The number of ether oxygens (including phenoxy) is 1. The molecule has 1 heterocycles. The molecule has 0 bridgehead atoms. The minimum absolute atomic E-state index is 0.0255. The van der Waals surface area contributed by atoms with Gasteiger partial charge in [0.15, 0.2) is 0 Å². The normalized spacial score (nSPS) is 23.3. The molecule has 1 saturated heterocycles. The first-order chi connectivity index (χ1) is 8.99. The van der Waals surface area contributed by atoms with Crippen LogP contribution in [-0.4, -0.2) is 36.2 Å². The van der Waals surface area contributed by atoms with Crippen LogP contribution in [-0.2, 0) is 4.74 Å². The lowest BCUT2D eigenvalue weighted by molar-refractivity contribution is -0.0355. The van der Waals surface area contributed by atoms with Crippen molar-refractivity contribution in [3.63, 3.8) is 0 Å². The molecule has 19 heavy (non-hydrogen) atoms. The number of carbonyl (C=O) groups is 1. The van der Waals surface area contributed by atoms with Crippen LogP contribution >= 0.6 is 11.6 Å². The van der Waals surface area contributed by atoms with E-state index in [9.17, 15) is 9.18 Å². The van der Waals surface area contributed by atoms with Gasteiger partial charge in [0.1, 0.15) is 5.82 Å². The fraction of sp³-hybridized carbons (Fsp3) is 0.462. The number of benzene rings is 1. The second-order valence-corrected chi connectivity index (χ2v) is 4.97. The van der Waals surface area contributed by atoms with Crippen molar-refractivity contribution < 1.29 is 13.9 Å². The Labute approximate surface area is 116 Å². The highest BCUT2D eigenvalue weighted by molar-refractivity contribution is 6.33. The third kappa shape index (κ3) is 3.16. The molecule has 0 aromatic heterocycles. The zero-order valence-corrected chi connectivity index (χ0v) is 11.6. The maximum atomic E-state index is 13.1. The van der Waals surface area contributed by atoms with Gasteiger partial charge in [-0.25, -0.2) is 9.18 Å². The van der Waals surface area contributed by atoms with E-state index < -0.39 is 5.82 Å². The quantitative estimate of drug-likeness (QED) is 0.862. The molecule has 2 rings (SSSR count). The summed E-state index contributed by atoms with van der Waals surface area (Å²) in [5, 5.41) is 2.94. The SMILES string of the molecule is C[C@@H]1[C@@H](C)OCCN1C(=O)Nc1cc(F)ccc1Cl. The molecule has 2 atom stereocenters. The van der Waals surface area contributed by atoms with Crippen LogP contribution in [0.3, 0.4) is 0 Å². The Morgan fingerprint density at radius 1 is 1.53 bits per heavy atom. The zero-order valence-electron chi connectivity index (χ0n) is 10.8. The number of halogens is 2. The summed E-state index contributed by atoms with van der Waals surface area (Å²) in [4.78, 5) is 13.8. The fourth-order valence-electron chi connectivity index (χ4n) is 2.00. The predicted molar refractivity (Wildman–Crippen MR) is 72.0 cm³/mol. The van der Waals surface area contributed by atoms with Gasteiger partial charge in [0.05, 0.1) is 29.5 Å². The van der Waals surface area contributed by atoms with Crippen LogP contribution in [0.5, 0.6) is 0 Å². The molecule has 0 aliphatic carbocycles. The number of nitrogens with zero attached hydrogens (tertiary/aromatic N) is 1. The van der Waals surface area contributed by atoms with Gasteiger partial charge in [0.2, 0.25) is 0 Å². The van der Waals surface area contributed by atoms with Gasteiger partial charge < -0.3 is 15.0 Å². The topological polar surface area (TPSA) is 41.6 Å². The number of rotatable bonds is 1. The monoisotopic (exact) mass is 286 g/mol. The molecule has 0 radical (unpaired) electrons. The van der Waals surface area contributed by atoms with Gasteiger partial charge in [0, 0.05) is 6.54 Å². The average Bonchev–Trinajstić information content (AvgIpc) is 2.37. The Morgan fingerprint density at radius 3 is 3.00 bits per heavy atom. The van der Waals surface area contributed by atoms with Crippen LogP contribution in [0.2, 0.25) is 5.02 Å². The van der Waals surface area contributed by atoms with Crippen molar-refractivity contribution in [2.24, 2.45) is 0 Å². The Bertz CT molecular complexity index is 484. The second kappa shape index (κ2) is 5.75. The summed E-state index contributed by atoms with van der Waals surface area (Å²) >= 11 is 5.92. The van der Waals surface area contributed by atoms with E-state index in [1.54, 1.807) is 4.90 Å². The van der Waals surface area contributed by atoms with Crippen molar-refractivity contribution in [2.75, 3.05) is 18.5 Å². The van der Waals surface area contributed by atoms with Gasteiger partial charge >= 0.3 is 6.03 Å². The van der Waals surface area contributed by atoms with E-state index in [1.807, 2.05) is 13.8 Å². The molecule has 2 amide bonds. The molecular weight excluding hydrogens is 271 g/mol. The molecule has 1 fully saturated rings. The predicted octanol–water partition coefficient (Wildman–Crippen LogP) is 3.12. The minimum atomic E-state index is -0.442. The summed E-state index contributed by atoms with van der Waals surface area (Å²) in [5.74, 6) is -0.442. The molecule has 6 heteroatoms. The standard InChI is InChI=1S/C13H16ClFN2O2/c1-8-9(2)19-6-5-17(8)13(18)16-12-7-10(15)3-4-11(12)14/h3-4,7-9H,5-6H2,1-2H3,(H,16,18)/t8-,9-/m1/s1. The Hall–Kier alpha value is -1.33. The Morgan fingerprint density at radius 2 is 2.26 bits per heavy atom. The van der Waals surface area contributed by atoms with Crippen LogP contribution < -0.4 is 5.32 Å². The number of hydrogen-bond donors (Lipinski definition) is 1. The lowest BCUT2D eigenvalue weighted by atomic mass is 10.1. The van der Waals surface area contributed by atoms with Gasteiger partial charge in [0.25, 0.3) is 0 Å². The molecule has 0 saturated carbocycles.